The van der Waals surface area contributed by atoms with Gasteiger partial charge in [-0.15, -0.1) is 0 Å². The first kappa shape index (κ1) is 12.6. The zero-order valence-corrected chi connectivity index (χ0v) is 11.5. The van der Waals surface area contributed by atoms with Crippen LogP contribution in [0, 0.1) is 0 Å². The second-order valence-corrected chi connectivity index (χ2v) is 5.62. The number of nitrogens with two attached hydrogens (primary N) is 1. The zero-order valence-electron chi connectivity index (χ0n) is 9.87. The first-order chi connectivity index (χ1) is 8.05. The van der Waals surface area contributed by atoms with Crippen LogP contribution in [0.5, 0.6) is 0 Å². The lowest BCUT2D eigenvalue weighted by atomic mass is 9.96. The average molecular weight is 297 g/mol. The van der Waals surface area contributed by atoms with Crippen molar-refractivity contribution in [1.29, 1.82) is 0 Å². The van der Waals surface area contributed by atoms with Crippen LogP contribution in [0.2, 0.25) is 0 Å². The first-order valence-electron chi connectivity index (χ1n) is 5.83. The Morgan fingerprint density at radius 1 is 1.53 bits per heavy atom. The van der Waals surface area contributed by atoms with E-state index in [-0.39, 0.29) is 11.3 Å². The quantitative estimate of drug-likeness (QED) is 0.892. The highest BCUT2D eigenvalue weighted by Gasteiger charge is 2.45. The van der Waals surface area contributed by atoms with E-state index in [0.717, 1.165) is 17.3 Å². The number of benzene rings is 1. The van der Waals surface area contributed by atoms with Gasteiger partial charge in [-0.25, -0.2) is 0 Å². The molecule has 0 aliphatic heterocycles. The van der Waals surface area contributed by atoms with Gasteiger partial charge in [-0.1, -0.05) is 34.1 Å². The Balaban J connectivity index is 2.06. The lowest BCUT2D eigenvalue weighted by Gasteiger charge is -2.18. The fourth-order valence-electron chi connectivity index (χ4n) is 2.00. The summed E-state index contributed by atoms with van der Waals surface area (Å²) < 4.78 is 1.12. The normalized spacial score (nSPS) is 18.5. The van der Waals surface area contributed by atoms with E-state index in [4.69, 9.17) is 5.73 Å². The second-order valence-electron chi connectivity index (χ2n) is 4.77. The minimum absolute atomic E-state index is 0.0803. The average Bonchev–Trinajstić information content (AvgIpc) is 3.07. The van der Waals surface area contributed by atoms with Crippen LogP contribution in [0.25, 0.3) is 0 Å². The van der Waals surface area contributed by atoms with E-state index in [9.17, 15) is 4.79 Å². The van der Waals surface area contributed by atoms with Gasteiger partial charge in [0, 0.05) is 16.4 Å². The number of halogens is 1. The Kier molecular flexibility index (Phi) is 3.54. The molecular weight excluding hydrogens is 280 g/mol. The summed E-state index contributed by atoms with van der Waals surface area (Å²) in [6, 6.07) is 7.76. The number of rotatable bonds is 4. The minimum Gasteiger partial charge on any atom is -0.354 e. The van der Waals surface area contributed by atoms with E-state index in [1.165, 1.54) is 5.56 Å². The van der Waals surface area contributed by atoms with Crippen molar-refractivity contribution in [3.8, 4) is 0 Å². The van der Waals surface area contributed by atoms with Crippen molar-refractivity contribution in [3.05, 3.63) is 34.3 Å². The molecule has 0 radical (unpaired) electrons. The number of amides is 1. The van der Waals surface area contributed by atoms with E-state index in [1.807, 2.05) is 18.2 Å². The van der Waals surface area contributed by atoms with Crippen LogP contribution in [0.15, 0.2) is 28.7 Å². The van der Waals surface area contributed by atoms with Crippen molar-refractivity contribution in [2.45, 2.75) is 31.2 Å². The molecule has 1 fully saturated rings. The molecule has 4 heteroatoms. The molecule has 2 rings (SSSR count). The smallest absolute Gasteiger partial charge is 0.236 e. The monoisotopic (exact) mass is 296 g/mol. The highest BCUT2D eigenvalue weighted by Crippen LogP contribution is 2.49. The van der Waals surface area contributed by atoms with Crippen molar-refractivity contribution in [3.63, 3.8) is 0 Å². The van der Waals surface area contributed by atoms with Gasteiger partial charge in [0.2, 0.25) is 5.91 Å². The van der Waals surface area contributed by atoms with Crippen LogP contribution in [0.3, 0.4) is 0 Å². The summed E-state index contributed by atoms with van der Waals surface area (Å²) in [7, 11) is 0. The molecule has 0 heterocycles. The third kappa shape index (κ3) is 2.69. The Bertz CT molecular complexity index is 427. The predicted molar refractivity (Wildman–Crippen MR) is 71.7 cm³/mol. The first-order valence-corrected chi connectivity index (χ1v) is 6.63. The third-order valence-electron chi connectivity index (χ3n) is 3.31. The molecule has 1 aromatic carbocycles. The molecule has 3 nitrogen and oxygen atoms in total. The third-order valence-corrected chi connectivity index (χ3v) is 4.00. The Morgan fingerprint density at radius 2 is 2.18 bits per heavy atom. The largest absolute Gasteiger partial charge is 0.354 e. The molecular formula is C13H17BrN2O. The Labute approximate surface area is 110 Å². The van der Waals surface area contributed by atoms with Gasteiger partial charge in [0.15, 0.2) is 0 Å². The molecule has 0 unspecified atom stereocenters. The SMILES string of the molecule is C[C@H](N)C(=O)NCC1(c2ccccc2Br)CC1. The number of hydrogen-bond acceptors (Lipinski definition) is 2. The van der Waals surface area contributed by atoms with Gasteiger partial charge in [0.05, 0.1) is 6.04 Å². The van der Waals surface area contributed by atoms with E-state index >= 15 is 0 Å². The lowest BCUT2D eigenvalue weighted by molar-refractivity contribution is -0.122. The molecule has 0 bridgehead atoms. The lowest BCUT2D eigenvalue weighted by Crippen LogP contribution is -2.41. The molecule has 0 spiro atoms. The standard InChI is InChI=1S/C13H17BrN2O/c1-9(15)12(17)16-8-13(6-7-13)10-4-2-3-5-11(10)14/h2-5,9H,6-8,15H2,1H3,(H,16,17)/t9-/m0/s1. The Hall–Kier alpha value is -0.870. The molecule has 1 aliphatic carbocycles. The molecule has 3 N–H and O–H groups in total. The molecule has 1 aromatic rings. The molecule has 1 atom stereocenters. The molecule has 92 valence electrons. The van der Waals surface area contributed by atoms with E-state index in [0.29, 0.717) is 6.54 Å². The topological polar surface area (TPSA) is 55.1 Å². The van der Waals surface area contributed by atoms with Gasteiger partial charge in [-0.2, -0.15) is 0 Å². The highest BCUT2D eigenvalue weighted by atomic mass is 79.9. The van der Waals surface area contributed by atoms with Gasteiger partial charge in [0.1, 0.15) is 0 Å². The summed E-state index contributed by atoms with van der Waals surface area (Å²) in [5.41, 5.74) is 6.93. The predicted octanol–water partition coefficient (Wildman–Crippen LogP) is 1.94. The second kappa shape index (κ2) is 4.78. The van der Waals surface area contributed by atoms with Gasteiger partial charge in [-0.05, 0) is 31.4 Å². The van der Waals surface area contributed by atoms with Crippen molar-refractivity contribution < 1.29 is 4.79 Å². The molecule has 0 aromatic heterocycles. The zero-order chi connectivity index (χ0) is 12.5. The Morgan fingerprint density at radius 3 is 2.71 bits per heavy atom. The maximum atomic E-state index is 11.5. The number of carbonyl (C=O) groups is 1. The molecule has 0 saturated heterocycles. The summed E-state index contributed by atoms with van der Waals surface area (Å²) >= 11 is 3.57. The van der Waals surface area contributed by atoms with Gasteiger partial charge in [-0.3, -0.25) is 4.79 Å². The van der Waals surface area contributed by atoms with Crippen molar-refractivity contribution in [2.24, 2.45) is 5.73 Å². The molecule has 1 saturated carbocycles. The highest BCUT2D eigenvalue weighted by molar-refractivity contribution is 9.10. The fraction of sp³-hybridized carbons (Fsp3) is 0.462. The van der Waals surface area contributed by atoms with Crippen LogP contribution in [0.4, 0.5) is 0 Å². The van der Waals surface area contributed by atoms with Crippen LogP contribution in [-0.4, -0.2) is 18.5 Å². The summed E-state index contributed by atoms with van der Waals surface area (Å²) in [6.45, 7) is 2.38. The number of hydrogen-bond donors (Lipinski definition) is 2. The fourth-order valence-corrected chi connectivity index (χ4v) is 2.71. The van der Waals surface area contributed by atoms with E-state index in [2.05, 4.69) is 27.3 Å². The summed E-state index contributed by atoms with van der Waals surface area (Å²) in [4.78, 5) is 11.5. The maximum Gasteiger partial charge on any atom is 0.236 e. The van der Waals surface area contributed by atoms with Crippen LogP contribution in [-0.2, 0) is 10.2 Å². The number of nitrogens with one attached hydrogen (secondary N) is 1. The summed E-state index contributed by atoms with van der Waals surface area (Å²) in [6.07, 6.45) is 2.24. The maximum absolute atomic E-state index is 11.5. The van der Waals surface area contributed by atoms with E-state index in [1.54, 1.807) is 6.92 Å². The van der Waals surface area contributed by atoms with Gasteiger partial charge >= 0.3 is 0 Å². The van der Waals surface area contributed by atoms with Crippen molar-refractivity contribution in [1.82, 2.24) is 5.32 Å². The van der Waals surface area contributed by atoms with Gasteiger partial charge < -0.3 is 11.1 Å². The van der Waals surface area contributed by atoms with Crippen LogP contribution >= 0.6 is 15.9 Å². The van der Waals surface area contributed by atoms with Crippen LogP contribution in [0.1, 0.15) is 25.3 Å². The van der Waals surface area contributed by atoms with E-state index < -0.39 is 6.04 Å². The summed E-state index contributed by atoms with van der Waals surface area (Å²) in [5, 5.41) is 2.93. The molecule has 17 heavy (non-hydrogen) atoms. The molecule has 1 aliphatic rings. The summed E-state index contributed by atoms with van der Waals surface area (Å²) in [5.74, 6) is -0.0803. The van der Waals surface area contributed by atoms with Crippen molar-refractivity contribution >= 4 is 21.8 Å². The van der Waals surface area contributed by atoms with Crippen molar-refractivity contribution in [2.75, 3.05) is 6.54 Å². The number of carbonyl (C=O) groups excluding carboxylic acids is 1. The minimum atomic E-state index is -0.440. The van der Waals surface area contributed by atoms with Crippen LogP contribution < -0.4 is 11.1 Å². The molecule has 1 amide bonds. The van der Waals surface area contributed by atoms with Gasteiger partial charge in [0.25, 0.3) is 0 Å².